The lowest BCUT2D eigenvalue weighted by Gasteiger charge is -2.23. The van der Waals surface area contributed by atoms with Gasteiger partial charge in [-0.15, -0.1) is 0 Å². The summed E-state index contributed by atoms with van der Waals surface area (Å²) in [7, 11) is -7.93. The first-order chi connectivity index (χ1) is 16.2. The maximum absolute atomic E-state index is 13.7. The highest BCUT2D eigenvalue weighted by Gasteiger charge is 2.27. The average molecular weight is 513 g/mol. The highest BCUT2D eigenvalue weighted by molar-refractivity contribution is 7.89. The van der Waals surface area contributed by atoms with Crippen molar-refractivity contribution in [2.75, 3.05) is 26.2 Å². The first-order valence-corrected chi connectivity index (χ1v) is 15.3. The number of hydrogen-bond donors (Lipinski definition) is 2. The van der Waals surface area contributed by atoms with Crippen LogP contribution in [-0.4, -0.2) is 52.3 Å². The Kier molecular flexibility index (Phi) is 11.9. The average Bonchev–Trinajstić information content (AvgIpc) is 2.80. The van der Waals surface area contributed by atoms with Gasteiger partial charge in [0.1, 0.15) is 0 Å². The highest BCUT2D eigenvalue weighted by Crippen LogP contribution is 2.29. The van der Waals surface area contributed by atoms with E-state index >= 15 is 0 Å². The Bertz CT molecular complexity index is 1110. The molecule has 0 bridgehead atoms. The zero-order valence-corrected chi connectivity index (χ0v) is 22.1. The van der Waals surface area contributed by atoms with Gasteiger partial charge in [0.25, 0.3) is 10.0 Å². The fourth-order valence-corrected chi connectivity index (χ4v) is 6.41. The minimum absolute atomic E-state index is 0.0836. The Balaban J connectivity index is 2.22. The van der Waals surface area contributed by atoms with Gasteiger partial charge in [-0.2, -0.15) is 4.31 Å². The number of nitrogens with two attached hydrogens (primary N) is 1. The molecule has 0 radical (unpaired) electrons. The van der Waals surface area contributed by atoms with E-state index in [4.69, 9.17) is 5.14 Å². The van der Waals surface area contributed by atoms with Gasteiger partial charge in [-0.25, -0.2) is 27.0 Å². The van der Waals surface area contributed by atoms with Crippen LogP contribution in [0.4, 0.5) is 0 Å². The maximum Gasteiger partial charge on any atom is 0.256 e. The van der Waals surface area contributed by atoms with Crippen molar-refractivity contribution in [1.29, 1.82) is 0 Å². The molecule has 2 rings (SSSR count). The number of hydrogen-bond acceptors (Lipinski definition) is 6. The van der Waals surface area contributed by atoms with Gasteiger partial charge in [0, 0.05) is 30.1 Å². The molecule has 10 heteroatoms. The van der Waals surface area contributed by atoms with Crippen LogP contribution in [0.15, 0.2) is 40.4 Å². The van der Waals surface area contributed by atoms with E-state index in [9.17, 15) is 16.8 Å². The maximum atomic E-state index is 13.7. The number of benzene rings is 1. The van der Waals surface area contributed by atoms with Gasteiger partial charge in [0.15, 0.2) is 5.03 Å². The third-order valence-corrected chi connectivity index (χ3v) is 8.67. The minimum atomic E-state index is -4.09. The Morgan fingerprint density at radius 3 is 2.15 bits per heavy atom. The Morgan fingerprint density at radius 1 is 0.824 bits per heavy atom. The van der Waals surface area contributed by atoms with E-state index in [1.807, 2.05) is 0 Å². The van der Waals surface area contributed by atoms with Crippen molar-refractivity contribution < 1.29 is 16.8 Å². The topological polar surface area (TPSA) is 122 Å². The van der Waals surface area contributed by atoms with Crippen LogP contribution in [0, 0.1) is 0 Å². The van der Waals surface area contributed by atoms with Crippen LogP contribution in [0.5, 0.6) is 0 Å². The van der Waals surface area contributed by atoms with E-state index in [1.54, 1.807) is 6.07 Å². The summed E-state index contributed by atoms with van der Waals surface area (Å²) in [5, 5.41) is 8.93. The number of unbranched alkanes of at least 4 members (excludes halogenated alkanes) is 6. The van der Waals surface area contributed by atoms with E-state index in [-0.39, 0.29) is 15.3 Å². The fraction of sp³-hybridized carbons (Fsp3) is 0.625. The molecular weight excluding hydrogens is 472 g/mol. The normalized spacial score (nSPS) is 12.6. The minimum Gasteiger partial charge on any atom is -0.317 e. The zero-order chi connectivity index (χ0) is 25.0. The third-order valence-electron chi connectivity index (χ3n) is 5.85. The lowest BCUT2D eigenvalue weighted by atomic mass is 10.2. The van der Waals surface area contributed by atoms with Crippen molar-refractivity contribution >= 4 is 30.8 Å². The Hall–Kier alpha value is -1.59. The van der Waals surface area contributed by atoms with Crippen LogP contribution in [0.25, 0.3) is 10.8 Å². The van der Waals surface area contributed by atoms with E-state index < -0.39 is 20.0 Å². The molecule has 0 spiro atoms. The zero-order valence-electron chi connectivity index (χ0n) is 20.5. The van der Waals surface area contributed by atoms with Gasteiger partial charge in [-0.1, -0.05) is 64.5 Å². The van der Waals surface area contributed by atoms with Gasteiger partial charge in [0.2, 0.25) is 10.0 Å². The molecule has 0 amide bonds. The second kappa shape index (κ2) is 14.1. The number of sulfonamides is 2. The molecule has 2 aromatic rings. The summed E-state index contributed by atoms with van der Waals surface area (Å²) in [4.78, 5) is 3.97. The molecule has 0 unspecified atom stereocenters. The van der Waals surface area contributed by atoms with Crippen LogP contribution in [-0.2, 0) is 20.0 Å². The number of rotatable bonds is 17. The number of fused-ring (bicyclic) bond motifs is 1. The molecule has 0 saturated heterocycles. The second-order valence-electron chi connectivity index (χ2n) is 8.64. The first-order valence-electron chi connectivity index (χ1n) is 12.3. The standard InChI is InChI=1S/C24H40N4O4S2/c1-3-5-7-9-16-26-17-12-20-28(19-10-8-6-4-2)34(31,32)23-14-11-13-22-21(23)15-18-27-24(22)33(25,29)30/h11,13-15,18,26H,3-10,12,16-17,19-20H2,1-2H3,(H2,25,29,30). The van der Waals surface area contributed by atoms with Crippen LogP contribution in [0.3, 0.4) is 0 Å². The largest absolute Gasteiger partial charge is 0.317 e. The molecule has 1 heterocycles. The van der Waals surface area contributed by atoms with Crippen LogP contribution in [0.2, 0.25) is 0 Å². The third kappa shape index (κ3) is 8.27. The molecule has 0 saturated carbocycles. The summed E-state index contributed by atoms with van der Waals surface area (Å²) >= 11 is 0. The van der Waals surface area contributed by atoms with Crippen molar-refractivity contribution in [2.45, 2.75) is 81.6 Å². The summed E-state index contributed by atoms with van der Waals surface area (Å²) in [5.41, 5.74) is 0. The van der Waals surface area contributed by atoms with Crippen LogP contribution >= 0.6 is 0 Å². The SMILES string of the molecule is CCCCCCNCCCN(CCCCCC)S(=O)(=O)c1cccc2c(S(N)(=O)=O)nccc12. The van der Waals surface area contributed by atoms with E-state index in [0.29, 0.717) is 24.9 Å². The van der Waals surface area contributed by atoms with E-state index in [1.165, 1.54) is 48.0 Å². The Labute approximate surface area is 205 Å². The first kappa shape index (κ1) is 28.6. The Morgan fingerprint density at radius 2 is 1.47 bits per heavy atom. The molecule has 3 N–H and O–H groups in total. The van der Waals surface area contributed by atoms with Crippen molar-refractivity contribution in [1.82, 2.24) is 14.6 Å². The van der Waals surface area contributed by atoms with Gasteiger partial charge in [-0.3, -0.25) is 0 Å². The summed E-state index contributed by atoms with van der Waals surface area (Å²) in [6.07, 6.45) is 10.6. The summed E-state index contributed by atoms with van der Waals surface area (Å²) in [5.74, 6) is 0. The lowest BCUT2D eigenvalue weighted by Crippen LogP contribution is -2.34. The van der Waals surface area contributed by atoms with Crippen molar-refractivity contribution in [3.63, 3.8) is 0 Å². The molecule has 0 aliphatic carbocycles. The number of aromatic nitrogens is 1. The molecular formula is C24H40N4O4S2. The monoisotopic (exact) mass is 512 g/mol. The quantitative estimate of drug-likeness (QED) is 0.309. The molecule has 0 atom stereocenters. The van der Waals surface area contributed by atoms with E-state index in [2.05, 4.69) is 24.1 Å². The number of pyridine rings is 1. The van der Waals surface area contributed by atoms with E-state index in [0.717, 1.165) is 45.2 Å². The van der Waals surface area contributed by atoms with Gasteiger partial charge >= 0.3 is 0 Å². The molecule has 34 heavy (non-hydrogen) atoms. The van der Waals surface area contributed by atoms with Gasteiger partial charge in [0.05, 0.1) is 4.90 Å². The summed E-state index contributed by atoms with van der Waals surface area (Å²) in [6, 6.07) is 6.13. The number of primary sulfonamides is 1. The second-order valence-corrected chi connectivity index (χ2v) is 12.0. The molecule has 8 nitrogen and oxygen atoms in total. The van der Waals surface area contributed by atoms with Crippen molar-refractivity contribution in [3.05, 3.63) is 30.5 Å². The van der Waals surface area contributed by atoms with Gasteiger partial charge in [-0.05, 0) is 44.5 Å². The predicted molar refractivity (Wildman–Crippen MR) is 138 cm³/mol. The van der Waals surface area contributed by atoms with Crippen LogP contribution in [0.1, 0.15) is 71.6 Å². The van der Waals surface area contributed by atoms with Gasteiger partial charge < -0.3 is 5.32 Å². The van der Waals surface area contributed by atoms with Crippen molar-refractivity contribution in [3.8, 4) is 0 Å². The fourth-order valence-electron chi connectivity index (χ4n) is 3.99. The molecule has 0 aliphatic rings. The predicted octanol–water partition coefficient (Wildman–Crippen LogP) is 4.01. The molecule has 0 aliphatic heterocycles. The number of nitrogens with one attached hydrogen (secondary N) is 1. The molecule has 0 fully saturated rings. The number of nitrogens with zero attached hydrogens (tertiary/aromatic N) is 2. The summed E-state index contributed by atoms with van der Waals surface area (Å²) in [6.45, 7) is 6.83. The van der Waals surface area contributed by atoms with Crippen LogP contribution < -0.4 is 10.5 Å². The molecule has 1 aromatic heterocycles. The molecule has 192 valence electrons. The summed E-state index contributed by atoms with van der Waals surface area (Å²) < 4.78 is 52.9. The van der Waals surface area contributed by atoms with Crippen molar-refractivity contribution in [2.24, 2.45) is 5.14 Å². The lowest BCUT2D eigenvalue weighted by molar-refractivity contribution is 0.388. The molecule has 1 aromatic carbocycles. The highest BCUT2D eigenvalue weighted by atomic mass is 32.2. The smallest absolute Gasteiger partial charge is 0.256 e.